The number of carbonyl (C=O) groups is 1. The van der Waals surface area contributed by atoms with E-state index in [0.717, 1.165) is 0 Å². The largest absolute Gasteiger partial charge is 0.481 e. The first-order chi connectivity index (χ1) is 9.10. The van der Waals surface area contributed by atoms with Gasteiger partial charge in [0, 0.05) is 24.2 Å². The third-order valence-corrected chi connectivity index (χ3v) is 2.61. The number of amides is 1. The van der Waals surface area contributed by atoms with Gasteiger partial charge in [0.2, 0.25) is 11.8 Å². The number of ether oxygens (including phenoxy) is 1. The van der Waals surface area contributed by atoms with Crippen molar-refractivity contribution in [2.45, 2.75) is 6.92 Å². The summed E-state index contributed by atoms with van der Waals surface area (Å²) in [5, 5.41) is 2.86. The standard InChI is InChI=1S/C12H11ClN4O2/c1-7-5-10(19-2)16-12(15-7)17-11(18)8-6-14-4-3-9(8)13/h3-6H,1-2H3,(H,15,16,17,18). The fourth-order valence-electron chi connectivity index (χ4n) is 1.41. The molecule has 0 aliphatic heterocycles. The van der Waals surface area contributed by atoms with Crippen molar-refractivity contribution >= 4 is 23.5 Å². The zero-order valence-corrected chi connectivity index (χ0v) is 11.1. The Balaban J connectivity index is 2.24. The van der Waals surface area contributed by atoms with Crippen LogP contribution < -0.4 is 10.1 Å². The Morgan fingerprint density at radius 1 is 1.42 bits per heavy atom. The molecule has 2 aromatic rings. The Kier molecular flexibility index (Phi) is 3.91. The number of hydrogen-bond donors (Lipinski definition) is 1. The summed E-state index contributed by atoms with van der Waals surface area (Å²) in [6, 6.07) is 3.20. The SMILES string of the molecule is COc1cc(C)nc(NC(=O)c2cnccc2Cl)n1. The summed E-state index contributed by atoms with van der Waals surface area (Å²) in [7, 11) is 1.49. The Morgan fingerprint density at radius 3 is 2.89 bits per heavy atom. The number of halogens is 1. The fraction of sp³-hybridized carbons (Fsp3) is 0.167. The van der Waals surface area contributed by atoms with Gasteiger partial charge in [0.1, 0.15) is 0 Å². The number of pyridine rings is 1. The Morgan fingerprint density at radius 2 is 2.21 bits per heavy atom. The molecule has 19 heavy (non-hydrogen) atoms. The van der Waals surface area contributed by atoms with E-state index >= 15 is 0 Å². The van der Waals surface area contributed by atoms with Crippen LogP contribution in [0, 0.1) is 6.92 Å². The van der Waals surface area contributed by atoms with Crippen LogP contribution in [-0.4, -0.2) is 28.0 Å². The van der Waals surface area contributed by atoms with Crippen molar-refractivity contribution in [1.29, 1.82) is 0 Å². The first-order valence-electron chi connectivity index (χ1n) is 5.40. The molecule has 0 aromatic carbocycles. The highest BCUT2D eigenvalue weighted by atomic mass is 35.5. The number of nitrogens with one attached hydrogen (secondary N) is 1. The van der Waals surface area contributed by atoms with Crippen molar-refractivity contribution in [2.75, 3.05) is 12.4 Å². The molecule has 1 amide bonds. The van der Waals surface area contributed by atoms with Crippen LogP contribution in [0.1, 0.15) is 16.1 Å². The van der Waals surface area contributed by atoms with Crippen LogP contribution in [0.2, 0.25) is 5.02 Å². The minimum Gasteiger partial charge on any atom is -0.481 e. The number of nitrogens with zero attached hydrogens (tertiary/aromatic N) is 3. The average molecular weight is 279 g/mol. The topological polar surface area (TPSA) is 77.0 Å². The minimum atomic E-state index is -0.425. The third kappa shape index (κ3) is 3.17. The summed E-state index contributed by atoms with van der Waals surface area (Å²) in [6.45, 7) is 1.77. The molecule has 6 nitrogen and oxygen atoms in total. The third-order valence-electron chi connectivity index (χ3n) is 2.28. The van der Waals surface area contributed by atoms with Gasteiger partial charge >= 0.3 is 0 Å². The number of anilines is 1. The van der Waals surface area contributed by atoms with Crippen molar-refractivity contribution in [3.05, 3.63) is 40.8 Å². The highest BCUT2D eigenvalue weighted by molar-refractivity contribution is 6.34. The van der Waals surface area contributed by atoms with Gasteiger partial charge < -0.3 is 4.74 Å². The highest BCUT2D eigenvalue weighted by Gasteiger charge is 2.12. The molecule has 0 atom stereocenters. The molecule has 0 fully saturated rings. The lowest BCUT2D eigenvalue weighted by Gasteiger charge is -2.07. The quantitative estimate of drug-likeness (QED) is 0.930. The second kappa shape index (κ2) is 5.62. The summed E-state index contributed by atoms with van der Waals surface area (Å²) >= 11 is 5.91. The molecule has 0 bridgehead atoms. The first-order valence-corrected chi connectivity index (χ1v) is 5.78. The molecule has 2 rings (SSSR count). The van der Waals surface area contributed by atoms with E-state index in [0.29, 0.717) is 16.6 Å². The molecule has 7 heteroatoms. The maximum Gasteiger partial charge on any atom is 0.261 e. The summed E-state index contributed by atoms with van der Waals surface area (Å²) < 4.78 is 5.01. The monoisotopic (exact) mass is 278 g/mol. The van der Waals surface area contributed by atoms with Gasteiger partial charge in [0.15, 0.2) is 0 Å². The van der Waals surface area contributed by atoms with Crippen molar-refractivity contribution in [3.8, 4) is 5.88 Å². The lowest BCUT2D eigenvalue weighted by Crippen LogP contribution is -2.15. The Labute approximate surface area is 114 Å². The highest BCUT2D eigenvalue weighted by Crippen LogP contribution is 2.16. The Bertz CT molecular complexity index is 618. The average Bonchev–Trinajstić information content (AvgIpc) is 2.38. The summed E-state index contributed by atoms with van der Waals surface area (Å²) in [6.07, 6.45) is 2.88. The molecule has 0 saturated carbocycles. The van der Waals surface area contributed by atoms with Crippen molar-refractivity contribution in [1.82, 2.24) is 15.0 Å². The predicted molar refractivity (Wildman–Crippen MR) is 70.5 cm³/mol. The van der Waals surface area contributed by atoms with E-state index in [2.05, 4.69) is 20.3 Å². The van der Waals surface area contributed by atoms with Gasteiger partial charge in [-0.15, -0.1) is 0 Å². The lowest BCUT2D eigenvalue weighted by molar-refractivity contribution is 0.102. The number of hydrogen-bond acceptors (Lipinski definition) is 5. The number of aryl methyl sites for hydroxylation is 1. The van der Waals surface area contributed by atoms with Crippen LogP contribution >= 0.6 is 11.6 Å². The molecular formula is C12H11ClN4O2. The van der Waals surface area contributed by atoms with Crippen LogP contribution in [0.15, 0.2) is 24.5 Å². The molecule has 0 aliphatic carbocycles. The summed E-state index contributed by atoms with van der Waals surface area (Å²) in [5.74, 6) is 0.104. The summed E-state index contributed by atoms with van der Waals surface area (Å²) in [5.41, 5.74) is 0.938. The maximum absolute atomic E-state index is 12.0. The lowest BCUT2D eigenvalue weighted by atomic mass is 10.3. The van der Waals surface area contributed by atoms with Crippen LogP contribution in [0.3, 0.4) is 0 Å². The first kappa shape index (κ1) is 13.2. The molecule has 2 aromatic heterocycles. The summed E-state index contributed by atoms with van der Waals surface area (Å²) in [4.78, 5) is 23.9. The molecule has 0 spiro atoms. The van der Waals surface area contributed by atoms with E-state index < -0.39 is 5.91 Å². The molecule has 98 valence electrons. The Hall–Kier alpha value is -2.21. The predicted octanol–water partition coefficient (Wildman–Crippen LogP) is 2.09. The number of carbonyl (C=O) groups excluding carboxylic acids is 1. The molecule has 0 unspecified atom stereocenters. The fourth-order valence-corrected chi connectivity index (χ4v) is 1.60. The zero-order valence-electron chi connectivity index (χ0n) is 10.3. The molecule has 2 heterocycles. The molecule has 0 saturated heterocycles. The van der Waals surface area contributed by atoms with E-state index in [1.165, 1.54) is 25.6 Å². The van der Waals surface area contributed by atoms with Crippen LogP contribution in [0.25, 0.3) is 0 Å². The number of aromatic nitrogens is 3. The van der Waals surface area contributed by atoms with Gasteiger partial charge in [-0.3, -0.25) is 15.1 Å². The number of rotatable bonds is 3. The van der Waals surface area contributed by atoms with Crippen LogP contribution in [0.4, 0.5) is 5.95 Å². The van der Waals surface area contributed by atoms with Gasteiger partial charge in [-0.25, -0.2) is 4.98 Å². The molecular weight excluding hydrogens is 268 g/mol. The van der Waals surface area contributed by atoms with Gasteiger partial charge in [-0.1, -0.05) is 11.6 Å². The van der Waals surface area contributed by atoms with E-state index in [9.17, 15) is 4.79 Å². The van der Waals surface area contributed by atoms with E-state index in [1.807, 2.05) is 0 Å². The second-order valence-corrected chi connectivity index (χ2v) is 4.09. The van der Waals surface area contributed by atoms with Crippen molar-refractivity contribution in [2.24, 2.45) is 0 Å². The smallest absolute Gasteiger partial charge is 0.261 e. The normalized spacial score (nSPS) is 10.1. The maximum atomic E-state index is 12.0. The van der Waals surface area contributed by atoms with E-state index in [1.54, 1.807) is 13.0 Å². The minimum absolute atomic E-state index is 0.154. The van der Waals surface area contributed by atoms with Gasteiger partial charge in [0.05, 0.1) is 17.7 Å². The zero-order chi connectivity index (χ0) is 13.8. The molecule has 1 N–H and O–H groups in total. The second-order valence-electron chi connectivity index (χ2n) is 3.68. The van der Waals surface area contributed by atoms with Crippen LogP contribution in [0.5, 0.6) is 5.88 Å². The molecule has 0 radical (unpaired) electrons. The van der Waals surface area contributed by atoms with Crippen LogP contribution in [-0.2, 0) is 0 Å². The van der Waals surface area contributed by atoms with E-state index in [4.69, 9.17) is 16.3 Å². The van der Waals surface area contributed by atoms with Gasteiger partial charge in [0.25, 0.3) is 5.91 Å². The van der Waals surface area contributed by atoms with Crippen molar-refractivity contribution < 1.29 is 9.53 Å². The van der Waals surface area contributed by atoms with Gasteiger partial charge in [-0.2, -0.15) is 4.98 Å². The number of methoxy groups -OCH3 is 1. The van der Waals surface area contributed by atoms with Crippen molar-refractivity contribution in [3.63, 3.8) is 0 Å². The van der Waals surface area contributed by atoms with E-state index in [-0.39, 0.29) is 11.5 Å². The molecule has 0 aliphatic rings. The van der Waals surface area contributed by atoms with Gasteiger partial charge in [-0.05, 0) is 13.0 Å².